The smallest absolute Gasteiger partial charge is 0.123 e. The number of halogens is 1. The molecule has 19 heavy (non-hydrogen) atoms. The molecule has 0 aliphatic rings. The Balaban J connectivity index is 2.20. The molecule has 0 saturated carbocycles. The van der Waals surface area contributed by atoms with Crippen LogP contribution in [0.2, 0.25) is 0 Å². The number of para-hydroxylation sites is 1. The number of hydrogen-bond donors (Lipinski definition) is 0. The molecular formula is C16H18ClNO. The molecule has 2 rings (SSSR count). The predicted molar refractivity (Wildman–Crippen MR) is 78.9 cm³/mol. The molecule has 1 unspecified atom stereocenters. The molecule has 0 saturated heterocycles. The highest BCUT2D eigenvalue weighted by molar-refractivity contribution is 6.21. The standard InChI is InChI=1S/C16H18ClNO/c1-3-19-16-9-5-4-8-13(16)14(17)11-15-12(2)7-6-10-18-15/h4-10,14H,3,11H2,1-2H3. The molecule has 0 amide bonds. The molecule has 1 atom stereocenters. The van der Waals surface area contributed by atoms with Gasteiger partial charge in [-0.1, -0.05) is 24.3 Å². The van der Waals surface area contributed by atoms with Gasteiger partial charge in [0.1, 0.15) is 5.75 Å². The summed E-state index contributed by atoms with van der Waals surface area (Å²) in [5.74, 6) is 0.860. The van der Waals surface area contributed by atoms with Crippen molar-refractivity contribution < 1.29 is 4.74 Å². The Bertz CT molecular complexity index is 542. The minimum atomic E-state index is -0.128. The van der Waals surface area contributed by atoms with Crippen LogP contribution in [0.1, 0.15) is 29.1 Å². The van der Waals surface area contributed by atoms with Gasteiger partial charge in [-0.05, 0) is 31.5 Å². The average molecular weight is 276 g/mol. The molecule has 3 heteroatoms. The summed E-state index contributed by atoms with van der Waals surface area (Å²) < 4.78 is 5.62. The quantitative estimate of drug-likeness (QED) is 0.759. The lowest BCUT2D eigenvalue weighted by Crippen LogP contribution is -2.03. The summed E-state index contributed by atoms with van der Waals surface area (Å²) in [4.78, 5) is 4.39. The van der Waals surface area contributed by atoms with E-state index in [0.29, 0.717) is 13.0 Å². The molecule has 0 spiro atoms. The van der Waals surface area contributed by atoms with Gasteiger partial charge in [-0.15, -0.1) is 11.6 Å². The third-order valence-corrected chi connectivity index (χ3v) is 3.44. The van der Waals surface area contributed by atoms with Gasteiger partial charge in [0.2, 0.25) is 0 Å². The lowest BCUT2D eigenvalue weighted by Gasteiger charge is -2.15. The molecule has 1 heterocycles. The van der Waals surface area contributed by atoms with Crippen molar-refractivity contribution in [3.63, 3.8) is 0 Å². The van der Waals surface area contributed by atoms with E-state index < -0.39 is 0 Å². The average Bonchev–Trinajstić information content (AvgIpc) is 2.42. The lowest BCUT2D eigenvalue weighted by molar-refractivity contribution is 0.336. The molecular weight excluding hydrogens is 258 g/mol. The normalized spacial score (nSPS) is 12.2. The Morgan fingerprint density at radius 1 is 1.21 bits per heavy atom. The van der Waals surface area contributed by atoms with Crippen molar-refractivity contribution in [1.29, 1.82) is 0 Å². The predicted octanol–water partition coefficient (Wildman–Crippen LogP) is 4.31. The molecule has 1 aromatic heterocycles. The molecule has 0 aliphatic heterocycles. The van der Waals surface area contributed by atoms with Crippen LogP contribution >= 0.6 is 11.6 Å². The van der Waals surface area contributed by atoms with E-state index in [4.69, 9.17) is 16.3 Å². The van der Waals surface area contributed by atoms with Crippen LogP contribution in [0.4, 0.5) is 0 Å². The summed E-state index contributed by atoms with van der Waals surface area (Å²) in [7, 11) is 0. The Labute approximate surface area is 119 Å². The highest BCUT2D eigenvalue weighted by Crippen LogP contribution is 2.32. The first kappa shape index (κ1) is 13.9. The molecule has 2 aromatic rings. The van der Waals surface area contributed by atoms with Crippen molar-refractivity contribution >= 4 is 11.6 Å². The summed E-state index contributed by atoms with van der Waals surface area (Å²) in [6.07, 6.45) is 2.51. The highest BCUT2D eigenvalue weighted by Gasteiger charge is 2.15. The third-order valence-electron chi connectivity index (χ3n) is 3.05. The summed E-state index contributed by atoms with van der Waals surface area (Å²) >= 11 is 6.53. The number of benzene rings is 1. The zero-order valence-electron chi connectivity index (χ0n) is 11.3. The number of ether oxygens (including phenoxy) is 1. The Morgan fingerprint density at radius 2 is 2.00 bits per heavy atom. The van der Waals surface area contributed by atoms with Crippen LogP contribution in [0, 0.1) is 6.92 Å². The highest BCUT2D eigenvalue weighted by atomic mass is 35.5. The summed E-state index contributed by atoms with van der Waals surface area (Å²) in [6.45, 7) is 4.67. The first-order valence-corrected chi connectivity index (χ1v) is 6.92. The van der Waals surface area contributed by atoms with E-state index in [1.165, 1.54) is 5.56 Å². The van der Waals surface area contributed by atoms with Gasteiger partial charge >= 0.3 is 0 Å². The van der Waals surface area contributed by atoms with Gasteiger partial charge in [0.15, 0.2) is 0 Å². The van der Waals surface area contributed by atoms with Crippen molar-refractivity contribution in [3.05, 3.63) is 59.4 Å². The maximum atomic E-state index is 6.53. The minimum Gasteiger partial charge on any atom is -0.494 e. The number of hydrogen-bond acceptors (Lipinski definition) is 2. The number of aromatic nitrogens is 1. The van der Waals surface area contributed by atoms with Crippen molar-refractivity contribution in [1.82, 2.24) is 4.98 Å². The fourth-order valence-corrected chi connectivity index (χ4v) is 2.36. The fourth-order valence-electron chi connectivity index (χ4n) is 2.04. The summed E-state index contributed by atoms with van der Waals surface area (Å²) in [6, 6.07) is 11.9. The van der Waals surface area contributed by atoms with Gasteiger partial charge in [-0.25, -0.2) is 0 Å². The second kappa shape index (κ2) is 6.58. The second-order valence-electron chi connectivity index (χ2n) is 4.41. The number of aryl methyl sites for hydroxylation is 1. The Kier molecular flexibility index (Phi) is 4.80. The van der Waals surface area contributed by atoms with E-state index in [1.807, 2.05) is 37.3 Å². The van der Waals surface area contributed by atoms with Gasteiger partial charge in [0.25, 0.3) is 0 Å². The molecule has 0 N–H and O–H groups in total. The maximum Gasteiger partial charge on any atom is 0.123 e. The number of pyridine rings is 1. The van der Waals surface area contributed by atoms with Crippen molar-refractivity contribution in [2.75, 3.05) is 6.61 Å². The monoisotopic (exact) mass is 275 g/mol. The van der Waals surface area contributed by atoms with Gasteiger partial charge in [-0.3, -0.25) is 4.98 Å². The molecule has 2 nitrogen and oxygen atoms in total. The van der Waals surface area contributed by atoms with Crippen LogP contribution in [0.5, 0.6) is 5.75 Å². The van der Waals surface area contributed by atoms with Crippen molar-refractivity contribution in [3.8, 4) is 5.75 Å². The van der Waals surface area contributed by atoms with Crippen molar-refractivity contribution in [2.45, 2.75) is 25.6 Å². The zero-order chi connectivity index (χ0) is 13.7. The molecule has 0 fully saturated rings. The first-order chi connectivity index (χ1) is 9.22. The van der Waals surface area contributed by atoms with E-state index in [1.54, 1.807) is 6.20 Å². The minimum absolute atomic E-state index is 0.128. The largest absolute Gasteiger partial charge is 0.494 e. The van der Waals surface area contributed by atoms with Crippen LogP contribution in [-0.4, -0.2) is 11.6 Å². The SMILES string of the molecule is CCOc1ccccc1C(Cl)Cc1ncccc1C. The van der Waals surface area contributed by atoms with Gasteiger partial charge in [-0.2, -0.15) is 0 Å². The molecule has 1 aromatic carbocycles. The van der Waals surface area contributed by atoms with E-state index in [0.717, 1.165) is 17.0 Å². The molecule has 100 valence electrons. The molecule has 0 bridgehead atoms. The van der Waals surface area contributed by atoms with Crippen molar-refractivity contribution in [2.24, 2.45) is 0 Å². The Hall–Kier alpha value is -1.54. The van der Waals surface area contributed by atoms with Crippen LogP contribution in [-0.2, 0) is 6.42 Å². The van der Waals surface area contributed by atoms with Gasteiger partial charge in [0, 0.05) is 23.9 Å². The van der Waals surface area contributed by atoms with E-state index in [9.17, 15) is 0 Å². The maximum absolute atomic E-state index is 6.53. The zero-order valence-corrected chi connectivity index (χ0v) is 12.0. The molecule has 0 aliphatic carbocycles. The Morgan fingerprint density at radius 3 is 2.74 bits per heavy atom. The van der Waals surface area contributed by atoms with Crippen LogP contribution in [0.3, 0.4) is 0 Å². The number of nitrogens with zero attached hydrogens (tertiary/aromatic N) is 1. The van der Waals surface area contributed by atoms with E-state index in [-0.39, 0.29) is 5.38 Å². The van der Waals surface area contributed by atoms with Gasteiger partial charge in [0.05, 0.1) is 12.0 Å². The first-order valence-electron chi connectivity index (χ1n) is 6.48. The third kappa shape index (κ3) is 3.48. The second-order valence-corrected chi connectivity index (χ2v) is 4.94. The van der Waals surface area contributed by atoms with Gasteiger partial charge < -0.3 is 4.74 Å². The van der Waals surface area contributed by atoms with Crippen LogP contribution in [0.25, 0.3) is 0 Å². The lowest BCUT2D eigenvalue weighted by atomic mass is 10.0. The van der Waals surface area contributed by atoms with E-state index >= 15 is 0 Å². The van der Waals surface area contributed by atoms with Crippen LogP contribution in [0.15, 0.2) is 42.6 Å². The van der Waals surface area contributed by atoms with Crippen LogP contribution < -0.4 is 4.74 Å². The summed E-state index contributed by atoms with van der Waals surface area (Å²) in [5.41, 5.74) is 3.23. The number of rotatable bonds is 5. The van der Waals surface area contributed by atoms with E-state index in [2.05, 4.69) is 18.0 Å². The topological polar surface area (TPSA) is 22.1 Å². The molecule has 0 radical (unpaired) electrons. The summed E-state index contributed by atoms with van der Waals surface area (Å²) in [5, 5.41) is -0.128. The fraction of sp³-hybridized carbons (Fsp3) is 0.312. The number of alkyl halides is 1.